The van der Waals surface area contributed by atoms with Crippen molar-refractivity contribution in [1.82, 2.24) is 0 Å². The summed E-state index contributed by atoms with van der Waals surface area (Å²) in [5, 5.41) is 9.95. The summed E-state index contributed by atoms with van der Waals surface area (Å²) in [4.78, 5) is 12.3. The molecule has 3 rings (SSSR count). The largest absolute Gasteiger partial charge is 0.507 e. The molecular formula is C19H18O4. The Kier molecular flexibility index (Phi) is 4.06. The molecule has 1 aliphatic rings. The second-order valence-electron chi connectivity index (χ2n) is 5.55. The molecule has 0 radical (unpaired) electrons. The number of fused-ring (bicyclic) bond motifs is 1. The average Bonchev–Trinajstić information content (AvgIpc) is 2.55. The molecule has 1 heterocycles. The van der Waals surface area contributed by atoms with Gasteiger partial charge in [-0.15, -0.1) is 0 Å². The first kappa shape index (κ1) is 15.2. The zero-order valence-electron chi connectivity index (χ0n) is 13.1. The van der Waals surface area contributed by atoms with Gasteiger partial charge in [-0.25, -0.2) is 0 Å². The second-order valence-corrected chi connectivity index (χ2v) is 5.55. The molecule has 0 unspecified atom stereocenters. The van der Waals surface area contributed by atoms with E-state index in [1.54, 1.807) is 18.2 Å². The van der Waals surface area contributed by atoms with Crippen molar-refractivity contribution in [2.75, 3.05) is 13.2 Å². The van der Waals surface area contributed by atoms with Crippen molar-refractivity contribution in [3.8, 4) is 17.2 Å². The topological polar surface area (TPSA) is 55.8 Å². The molecule has 0 aromatic heterocycles. The molecule has 0 atom stereocenters. The van der Waals surface area contributed by atoms with Crippen LogP contribution in [0.25, 0.3) is 6.08 Å². The fraction of sp³-hybridized carbons (Fsp3) is 0.211. The van der Waals surface area contributed by atoms with Crippen LogP contribution in [0.5, 0.6) is 17.2 Å². The Morgan fingerprint density at radius 1 is 1.04 bits per heavy atom. The number of carbonyl (C=O) groups excluding carboxylic acids is 1. The smallest absolute Gasteiger partial charge is 0.189 e. The standard InChI is InChI=1S/C19H18O4/c1-12-9-15(17(21)10-13(12)2)16(20)5-3-14-4-6-18-19(11-14)23-8-7-22-18/h3-6,9-11,21H,7-8H2,1-2H3. The van der Waals surface area contributed by atoms with Gasteiger partial charge in [0.25, 0.3) is 0 Å². The minimum Gasteiger partial charge on any atom is -0.507 e. The van der Waals surface area contributed by atoms with Crippen molar-refractivity contribution in [2.24, 2.45) is 0 Å². The third-order valence-corrected chi connectivity index (χ3v) is 3.87. The lowest BCUT2D eigenvalue weighted by molar-refractivity contribution is 0.104. The molecule has 0 fully saturated rings. The van der Waals surface area contributed by atoms with E-state index in [9.17, 15) is 9.90 Å². The number of benzene rings is 2. The average molecular weight is 310 g/mol. The van der Waals surface area contributed by atoms with Crippen molar-refractivity contribution >= 4 is 11.9 Å². The van der Waals surface area contributed by atoms with Crippen LogP contribution in [0.1, 0.15) is 27.0 Å². The molecule has 0 spiro atoms. The Balaban J connectivity index is 1.82. The molecule has 2 aromatic rings. The van der Waals surface area contributed by atoms with Crippen LogP contribution in [0.3, 0.4) is 0 Å². The monoisotopic (exact) mass is 310 g/mol. The fourth-order valence-corrected chi connectivity index (χ4v) is 2.42. The molecule has 1 aliphatic heterocycles. The summed E-state index contributed by atoms with van der Waals surface area (Å²) in [7, 11) is 0. The minimum atomic E-state index is -0.236. The van der Waals surface area contributed by atoms with Gasteiger partial charge in [-0.05, 0) is 60.9 Å². The summed E-state index contributed by atoms with van der Waals surface area (Å²) in [5.41, 5.74) is 3.07. The number of aromatic hydroxyl groups is 1. The zero-order chi connectivity index (χ0) is 16.4. The van der Waals surface area contributed by atoms with Crippen LogP contribution in [-0.4, -0.2) is 24.1 Å². The summed E-state index contributed by atoms with van der Waals surface area (Å²) >= 11 is 0. The number of aryl methyl sites for hydroxylation is 2. The quantitative estimate of drug-likeness (QED) is 0.694. The third kappa shape index (κ3) is 3.21. The van der Waals surface area contributed by atoms with Gasteiger partial charge in [-0.3, -0.25) is 4.79 Å². The maximum atomic E-state index is 12.3. The Labute approximate surface area is 135 Å². The van der Waals surface area contributed by atoms with E-state index in [0.717, 1.165) is 16.7 Å². The first-order valence-corrected chi connectivity index (χ1v) is 7.47. The number of phenolic OH excluding ortho intramolecular Hbond substituents is 1. The lowest BCUT2D eigenvalue weighted by atomic mass is 10.0. The summed E-state index contributed by atoms with van der Waals surface area (Å²) in [6.07, 6.45) is 3.16. The zero-order valence-corrected chi connectivity index (χ0v) is 13.1. The van der Waals surface area contributed by atoms with Gasteiger partial charge in [0.15, 0.2) is 17.3 Å². The van der Waals surface area contributed by atoms with Crippen LogP contribution in [0.15, 0.2) is 36.4 Å². The van der Waals surface area contributed by atoms with E-state index >= 15 is 0 Å². The first-order chi connectivity index (χ1) is 11.0. The van der Waals surface area contributed by atoms with Crippen LogP contribution >= 0.6 is 0 Å². The van der Waals surface area contributed by atoms with Gasteiger partial charge in [-0.2, -0.15) is 0 Å². The van der Waals surface area contributed by atoms with E-state index in [4.69, 9.17) is 9.47 Å². The number of phenols is 1. The highest BCUT2D eigenvalue weighted by Gasteiger charge is 2.12. The predicted molar refractivity (Wildman–Crippen MR) is 88.4 cm³/mol. The molecule has 4 nitrogen and oxygen atoms in total. The summed E-state index contributed by atoms with van der Waals surface area (Å²) in [6.45, 7) is 4.88. The van der Waals surface area contributed by atoms with Gasteiger partial charge in [0.05, 0.1) is 5.56 Å². The highest BCUT2D eigenvalue weighted by molar-refractivity contribution is 6.08. The van der Waals surface area contributed by atoms with E-state index in [1.165, 1.54) is 6.08 Å². The van der Waals surface area contributed by atoms with E-state index in [2.05, 4.69) is 0 Å². The van der Waals surface area contributed by atoms with Gasteiger partial charge < -0.3 is 14.6 Å². The molecule has 118 valence electrons. The molecule has 2 aromatic carbocycles. The van der Waals surface area contributed by atoms with Crippen molar-refractivity contribution in [1.29, 1.82) is 0 Å². The third-order valence-electron chi connectivity index (χ3n) is 3.87. The van der Waals surface area contributed by atoms with Crippen molar-refractivity contribution < 1.29 is 19.4 Å². The van der Waals surface area contributed by atoms with Crippen LogP contribution in [0.4, 0.5) is 0 Å². The number of carbonyl (C=O) groups is 1. The molecule has 0 amide bonds. The maximum absolute atomic E-state index is 12.3. The SMILES string of the molecule is Cc1cc(O)c(C(=O)C=Cc2ccc3c(c2)OCCO3)cc1C. The normalized spacial score (nSPS) is 13.3. The minimum absolute atomic E-state index is 0.00456. The van der Waals surface area contributed by atoms with Crippen LogP contribution < -0.4 is 9.47 Å². The number of hydrogen-bond donors (Lipinski definition) is 1. The Bertz CT molecular complexity index is 790. The Morgan fingerprint density at radius 2 is 1.74 bits per heavy atom. The predicted octanol–water partition coefficient (Wildman–Crippen LogP) is 3.68. The maximum Gasteiger partial charge on any atom is 0.189 e. The van der Waals surface area contributed by atoms with Crippen LogP contribution in [0, 0.1) is 13.8 Å². The van der Waals surface area contributed by atoms with Crippen molar-refractivity contribution in [3.63, 3.8) is 0 Å². The van der Waals surface area contributed by atoms with Crippen molar-refractivity contribution in [3.05, 3.63) is 58.7 Å². The lowest BCUT2D eigenvalue weighted by Crippen LogP contribution is -2.15. The molecule has 0 aliphatic carbocycles. The van der Waals surface area contributed by atoms with Crippen LogP contribution in [-0.2, 0) is 0 Å². The number of ether oxygens (including phenoxy) is 2. The molecular weight excluding hydrogens is 292 g/mol. The number of ketones is 1. The van der Waals surface area contributed by atoms with Gasteiger partial charge >= 0.3 is 0 Å². The van der Waals surface area contributed by atoms with Gasteiger partial charge in [-0.1, -0.05) is 12.1 Å². The van der Waals surface area contributed by atoms with E-state index in [1.807, 2.05) is 32.0 Å². The van der Waals surface area contributed by atoms with Gasteiger partial charge in [0, 0.05) is 0 Å². The summed E-state index contributed by atoms with van der Waals surface area (Å²) < 4.78 is 11.0. The fourth-order valence-electron chi connectivity index (χ4n) is 2.42. The Hall–Kier alpha value is -2.75. The van der Waals surface area contributed by atoms with Crippen molar-refractivity contribution in [2.45, 2.75) is 13.8 Å². The summed E-state index contributed by atoms with van der Waals surface area (Å²) in [5.74, 6) is 1.16. The number of rotatable bonds is 3. The first-order valence-electron chi connectivity index (χ1n) is 7.47. The highest BCUT2D eigenvalue weighted by atomic mass is 16.6. The number of hydrogen-bond acceptors (Lipinski definition) is 4. The molecule has 23 heavy (non-hydrogen) atoms. The molecule has 0 saturated heterocycles. The van der Waals surface area contributed by atoms with E-state index in [0.29, 0.717) is 30.3 Å². The summed E-state index contributed by atoms with van der Waals surface area (Å²) in [6, 6.07) is 8.84. The Morgan fingerprint density at radius 3 is 2.52 bits per heavy atom. The molecule has 0 bridgehead atoms. The van der Waals surface area contributed by atoms with E-state index < -0.39 is 0 Å². The lowest BCUT2D eigenvalue weighted by Gasteiger charge is -2.18. The molecule has 4 heteroatoms. The van der Waals surface area contributed by atoms with E-state index in [-0.39, 0.29) is 11.5 Å². The van der Waals surface area contributed by atoms with Gasteiger partial charge in [0.2, 0.25) is 0 Å². The van der Waals surface area contributed by atoms with Crippen LogP contribution in [0.2, 0.25) is 0 Å². The van der Waals surface area contributed by atoms with Gasteiger partial charge in [0.1, 0.15) is 19.0 Å². The number of allylic oxidation sites excluding steroid dienone is 1. The molecule has 0 saturated carbocycles. The molecule has 1 N–H and O–H groups in total. The second kappa shape index (κ2) is 6.16. The highest BCUT2D eigenvalue weighted by Crippen LogP contribution is 2.31.